The molecular weight excluding hydrogens is 444 g/mol. The highest BCUT2D eigenvalue weighted by molar-refractivity contribution is 7.90. The van der Waals surface area contributed by atoms with Gasteiger partial charge in [-0.15, -0.1) is 0 Å². The summed E-state index contributed by atoms with van der Waals surface area (Å²) in [6, 6.07) is 14.0. The fourth-order valence-electron chi connectivity index (χ4n) is 3.27. The number of rotatable bonds is 6. The minimum Gasteiger partial charge on any atom is -0.459 e. The second kappa shape index (κ2) is 9.29. The third-order valence-electron chi connectivity index (χ3n) is 5.02. The van der Waals surface area contributed by atoms with E-state index in [0.29, 0.717) is 35.7 Å². The second-order valence-electron chi connectivity index (χ2n) is 7.48. The van der Waals surface area contributed by atoms with E-state index in [2.05, 4.69) is 20.3 Å². The van der Waals surface area contributed by atoms with Crippen LogP contribution in [0.3, 0.4) is 0 Å². The van der Waals surface area contributed by atoms with Crippen LogP contribution in [0.25, 0.3) is 0 Å². The van der Waals surface area contributed by atoms with Crippen molar-refractivity contribution in [2.24, 2.45) is 4.99 Å². The Morgan fingerprint density at radius 3 is 2.58 bits per heavy atom. The summed E-state index contributed by atoms with van der Waals surface area (Å²) in [5, 5.41) is 5.42. The van der Waals surface area contributed by atoms with E-state index in [9.17, 15) is 18.0 Å². The van der Waals surface area contributed by atoms with E-state index in [1.165, 1.54) is 24.5 Å². The van der Waals surface area contributed by atoms with Crippen LogP contribution in [0.1, 0.15) is 39.3 Å². The molecule has 3 N–H and O–H groups in total. The summed E-state index contributed by atoms with van der Waals surface area (Å²) in [4.78, 5) is 29.2. The quantitative estimate of drug-likeness (QED) is 0.511. The van der Waals surface area contributed by atoms with Crippen LogP contribution >= 0.6 is 0 Å². The van der Waals surface area contributed by atoms with Crippen molar-refractivity contribution in [1.29, 1.82) is 0 Å². The molecule has 1 aliphatic rings. The normalized spacial score (nSPS) is 13.3. The van der Waals surface area contributed by atoms with Gasteiger partial charge in [0.15, 0.2) is 5.76 Å². The Hall–Kier alpha value is -3.92. The number of sulfonamides is 1. The van der Waals surface area contributed by atoms with Crippen molar-refractivity contribution in [2.45, 2.75) is 24.7 Å². The van der Waals surface area contributed by atoms with Crippen LogP contribution < -0.4 is 15.4 Å². The molecule has 2 heterocycles. The highest BCUT2D eigenvalue weighted by atomic mass is 32.2. The molecule has 33 heavy (non-hydrogen) atoms. The van der Waals surface area contributed by atoms with Crippen LogP contribution in [0.4, 0.5) is 11.4 Å². The first kappa shape index (κ1) is 22.3. The number of nitrogens with zero attached hydrogens (tertiary/aromatic N) is 1. The topological polar surface area (TPSA) is 130 Å². The lowest BCUT2D eigenvalue weighted by molar-refractivity contribution is 0.0993. The molecule has 170 valence electrons. The number of nitrogens with one attached hydrogen (secondary N) is 3. The summed E-state index contributed by atoms with van der Waals surface area (Å²) >= 11 is 0. The summed E-state index contributed by atoms with van der Waals surface area (Å²) in [6.07, 6.45) is 2.80. The predicted octanol–water partition coefficient (Wildman–Crippen LogP) is 3.56. The number of anilines is 2. The number of carbonyl (C=O) groups is 2. The van der Waals surface area contributed by atoms with Crippen LogP contribution in [-0.2, 0) is 10.0 Å². The van der Waals surface area contributed by atoms with Crippen LogP contribution in [0, 0.1) is 6.92 Å². The minimum absolute atomic E-state index is 0.0187. The maximum Gasteiger partial charge on any atom is 0.291 e. The summed E-state index contributed by atoms with van der Waals surface area (Å²) < 4.78 is 32.8. The molecule has 2 aromatic carbocycles. The van der Waals surface area contributed by atoms with Crippen LogP contribution in [-0.4, -0.2) is 32.6 Å². The van der Waals surface area contributed by atoms with Crippen molar-refractivity contribution in [3.05, 3.63) is 77.7 Å². The standard InChI is InChI=1S/C23H22N4O5S/c1-15-9-10-16(13-19(15)26-23(29)20-7-4-12-32-20)22(28)25-17-5-2-6-18(14-17)33(30,31)27-21-8-3-11-24-21/h2,4-7,9-10,12-14H,3,8,11H2,1H3,(H,24,27)(H,25,28)(H,26,29). The van der Waals surface area contributed by atoms with E-state index < -0.39 is 21.8 Å². The van der Waals surface area contributed by atoms with Crippen molar-refractivity contribution in [3.8, 4) is 0 Å². The molecule has 0 fully saturated rings. The Labute approximate surface area is 191 Å². The van der Waals surface area contributed by atoms with E-state index in [1.807, 2.05) is 0 Å². The van der Waals surface area contributed by atoms with Crippen molar-refractivity contribution < 1.29 is 22.4 Å². The van der Waals surface area contributed by atoms with Crippen molar-refractivity contribution >= 4 is 39.0 Å². The number of aryl methyl sites for hydroxylation is 1. The molecule has 0 bridgehead atoms. The van der Waals surface area contributed by atoms with Gasteiger partial charge in [0.1, 0.15) is 5.84 Å². The molecular formula is C23H22N4O5S. The average Bonchev–Trinajstić information content (AvgIpc) is 3.49. The zero-order valence-corrected chi connectivity index (χ0v) is 18.6. The van der Waals surface area contributed by atoms with Gasteiger partial charge in [0.25, 0.3) is 21.8 Å². The van der Waals surface area contributed by atoms with Gasteiger partial charge in [0.2, 0.25) is 0 Å². The molecule has 10 heteroatoms. The number of benzene rings is 2. The first-order chi connectivity index (χ1) is 15.8. The fourth-order valence-corrected chi connectivity index (χ4v) is 4.41. The second-order valence-corrected chi connectivity index (χ2v) is 9.16. The predicted molar refractivity (Wildman–Crippen MR) is 124 cm³/mol. The number of amidine groups is 1. The summed E-state index contributed by atoms with van der Waals surface area (Å²) in [5.74, 6) is -0.295. The molecule has 9 nitrogen and oxygen atoms in total. The summed E-state index contributed by atoms with van der Waals surface area (Å²) in [7, 11) is -3.80. The van der Waals surface area contributed by atoms with Gasteiger partial charge in [-0.2, -0.15) is 0 Å². The van der Waals surface area contributed by atoms with E-state index in [4.69, 9.17) is 4.42 Å². The molecule has 0 unspecified atom stereocenters. The number of aliphatic imine (C=N–C) groups is 1. The van der Waals surface area contributed by atoms with Gasteiger partial charge in [-0.05, 0) is 61.4 Å². The first-order valence-electron chi connectivity index (χ1n) is 10.2. The smallest absolute Gasteiger partial charge is 0.291 e. The van der Waals surface area contributed by atoms with E-state index in [-0.39, 0.29) is 10.7 Å². The zero-order valence-electron chi connectivity index (χ0n) is 17.8. The summed E-state index contributed by atoms with van der Waals surface area (Å²) in [5.41, 5.74) is 1.84. The van der Waals surface area contributed by atoms with Gasteiger partial charge >= 0.3 is 0 Å². The Morgan fingerprint density at radius 2 is 1.85 bits per heavy atom. The Morgan fingerprint density at radius 1 is 1.00 bits per heavy atom. The number of hydrogen-bond acceptors (Lipinski definition) is 6. The van der Waals surface area contributed by atoms with Crippen molar-refractivity contribution in [1.82, 2.24) is 4.72 Å². The van der Waals surface area contributed by atoms with Gasteiger partial charge < -0.3 is 15.1 Å². The number of furan rings is 1. The van der Waals surface area contributed by atoms with Gasteiger partial charge in [-0.1, -0.05) is 12.1 Å². The lowest BCUT2D eigenvalue weighted by atomic mass is 10.1. The third kappa shape index (κ3) is 5.29. The molecule has 2 amide bonds. The maximum atomic E-state index is 12.8. The van der Waals surface area contributed by atoms with E-state index in [0.717, 1.165) is 12.0 Å². The Balaban J connectivity index is 1.49. The van der Waals surface area contributed by atoms with E-state index in [1.54, 1.807) is 43.3 Å². The number of carbonyl (C=O) groups excluding carboxylic acids is 2. The highest BCUT2D eigenvalue weighted by Crippen LogP contribution is 2.21. The first-order valence-corrected chi connectivity index (χ1v) is 11.7. The van der Waals surface area contributed by atoms with Crippen molar-refractivity contribution in [3.63, 3.8) is 0 Å². The van der Waals surface area contributed by atoms with Crippen molar-refractivity contribution in [2.75, 3.05) is 17.2 Å². The molecule has 0 saturated carbocycles. The van der Waals surface area contributed by atoms with Gasteiger partial charge in [-0.3, -0.25) is 19.3 Å². The lowest BCUT2D eigenvalue weighted by Gasteiger charge is -2.12. The summed E-state index contributed by atoms with van der Waals surface area (Å²) in [6.45, 7) is 2.41. The average molecular weight is 467 g/mol. The van der Waals surface area contributed by atoms with Gasteiger partial charge in [-0.25, -0.2) is 8.42 Å². The van der Waals surface area contributed by atoms with Crippen LogP contribution in [0.2, 0.25) is 0 Å². The molecule has 0 radical (unpaired) electrons. The molecule has 4 rings (SSSR count). The van der Waals surface area contributed by atoms with Crippen LogP contribution in [0.5, 0.6) is 0 Å². The van der Waals surface area contributed by atoms with Gasteiger partial charge in [0, 0.05) is 29.9 Å². The minimum atomic E-state index is -3.80. The SMILES string of the molecule is Cc1ccc(C(=O)Nc2cccc(S(=O)(=O)NC3=NCCC3)c2)cc1NC(=O)c1ccco1. The Bertz CT molecular complexity index is 1330. The molecule has 0 atom stereocenters. The van der Waals surface area contributed by atoms with Gasteiger partial charge in [0.05, 0.1) is 11.2 Å². The monoisotopic (exact) mass is 466 g/mol. The Kier molecular flexibility index (Phi) is 6.27. The molecule has 1 aromatic heterocycles. The third-order valence-corrected chi connectivity index (χ3v) is 6.40. The number of amides is 2. The largest absolute Gasteiger partial charge is 0.459 e. The highest BCUT2D eigenvalue weighted by Gasteiger charge is 2.19. The van der Waals surface area contributed by atoms with E-state index >= 15 is 0 Å². The molecule has 0 spiro atoms. The zero-order chi connectivity index (χ0) is 23.4. The molecule has 0 aliphatic carbocycles. The molecule has 3 aromatic rings. The maximum absolute atomic E-state index is 12.8. The molecule has 1 aliphatic heterocycles. The van der Waals surface area contributed by atoms with Crippen LogP contribution in [0.15, 0.2) is 75.2 Å². The fraction of sp³-hybridized carbons (Fsp3) is 0.174. The number of hydrogen-bond donors (Lipinski definition) is 3. The molecule has 0 saturated heterocycles. The lowest BCUT2D eigenvalue weighted by Crippen LogP contribution is -2.29.